The van der Waals surface area contributed by atoms with Crippen molar-refractivity contribution in [3.05, 3.63) is 52.6 Å². The molecule has 1 aliphatic carbocycles. The normalized spacial score (nSPS) is 16.4. The van der Waals surface area contributed by atoms with Crippen LogP contribution in [0, 0.1) is 5.92 Å². The fourth-order valence-electron chi connectivity index (χ4n) is 4.00. The molecule has 30 heavy (non-hydrogen) atoms. The molecule has 0 aromatic carbocycles. The lowest BCUT2D eigenvalue weighted by Gasteiger charge is -2.20. The number of nitrogens with one attached hydrogen (secondary N) is 1. The van der Waals surface area contributed by atoms with Crippen LogP contribution in [0.25, 0.3) is 11.3 Å². The molecule has 7 nitrogen and oxygen atoms in total. The summed E-state index contributed by atoms with van der Waals surface area (Å²) in [7, 11) is 0. The summed E-state index contributed by atoms with van der Waals surface area (Å²) in [5, 5.41) is 3.25. The summed E-state index contributed by atoms with van der Waals surface area (Å²) in [4.78, 5) is 35.5. The van der Waals surface area contributed by atoms with E-state index in [1.165, 1.54) is 11.3 Å². The first kappa shape index (κ1) is 19.1. The Morgan fingerprint density at radius 3 is 2.87 bits per heavy atom. The largest absolute Gasteiger partial charge is 0.472 e. The number of aryl methyl sites for hydroxylation is 2. The number of carbonyl (C=O) groups is 2. The maximum absolute atomic E-state index is 13.2. The third kappa shape index (κ3) is 3.68. The number of amides is 1. The number of nitrogens with zero attached hydrogens (tertiary/aromatic N) is 2. The molecule has 0 saturated carbocycles. The Hall–Kier alpha value is -2.84. The van der Waals surface area contributed by atoms with E-state index in [0.29, 0.717) is 47.3 Å². The summed E-state index contributed by atoms with van der Waals surface area (Å²) in [6, 6.07) is 3.68. The van der Waals surface area contributed by atoms with Crippen LogP contribution in [0.3, 0.4) is 0 Å². The number of fused-ring (bicyclic) bond motifs is 1. The number of pyridine rings is 1. The Bertz CT molecular complexity index is 1080. The minimum absolute atomic E-state index is 0.0479. The second kappa shape index (κ2) is 8.12. The van der Waals surface area contributed by atoms with E-state index < -0.39 is 0 Å². The van der Waals surface area contributed by atoms with Crippen molar-refractivity contribution in [2.75, 3.05) is 18.5 Å². The Morgan fingerprint density at radius 2 is 2.07 bits per heavy atom. The molecule has 1 saturated heterocycles. The minimum atomic E-state index is -0.269. The van der Waals surface area contributed by atoms with Crippen molar-refractivity contribution in [1.82, 2.24) is 9.97 Å². The summed E-state index contributed by atoms with van der Waals surface area (Å²) in [6.07, 6.45) is 9.11. The van der Waals surface area contributed by atoms with E-state index in [2.05, 4.69) is 15.3 Å². The summed E-state index contributed by atoms with van der Waals surface area (Å²) >= 11 is 1.21. The number of carbonyl (C=O) groups excluding carboxylic acids is 2. The molecule has 4 heterocycles. The number of furan rings is 1. The van der Waals surface area contributed by atoms with Crippen molar-refractivity contribution in [2.24, 2.45) is 5.92 Å². The number of rotatable bonds is 5. The average Bonchev–Trinajstić information content (AvgIpc) is 3.53. The summed E-state index contributed by atoms with van der Waals surface area (Å²) in [5.41, 5.74) is 3.99. The number of hydrogen-bond donors (Lipinski definition) is 1. The van der Waals surface area contributed by atoms with Crippen molar-refractivity contribution in [3.8, 4) is 11.3 Å². The van der Waals surface area contributed by atoms with Gasteiger partial charge >= 0.3 is 0 Å². The van der Waals surface area contributed by atoms with Gasteiger partial charge in [0.2, 0.25) is 0 Å². The molecular weight excluding hydrogens is 402 g/mol. The molecule has 0 radical (unpaired) electrons. The van der Waals surface area contributed by atoms with Gasteiger partial charge in [-0.2, -0.15) is 0 Å². The number of ether oxygens (including phenoxy) is 1. The van der Waals surface area contributed by atoms with Gasteiger partial charge in [-0.1, -0.05) is 11.3 Å². The highest BCUT2D eigenvalue weighted by Crippen LogP contribution is 2.35. The van der Waals surface area contributed by atoms with Gasteiger partial charge in [-0.15, -0.1) is 0 Å². The Morgan fingerprint density at radius 1 is 1.20 bits per heavy atom. The molecule has 1 aliphatic heterocycles. The molecule has 154 valence electrons. The van der Waals surface area contributed by atoms with Crippen LogP contribution in [0.4, 0.5) is 5.13 Å². The quantitative estimate of drug-likeness (QED) is 0.620. The van der Waals surface area contributed by atoms with Gasteiger partial charge in [-0.05, 0) is 49.8 Å². The van der Waals surface area contributed by atoms with Crippen LogP contribution < -0.4 is 5.32 Å². The number of aromatic nitrogens is 2. The van der Waals surface area contributed by atoms with Gasteiger partial charge in [0, 0.05) is 36.6 Å². The topological polar surface area (TPSA) is 94.3 Å². The molecule has 5 rings (SSSR count). The van der Waals surface area contributed by atoms with Crippen LogP contribution in [0.1, 0.15) is 50.5 Å². The highest BCUT2D eigenvalue weighted by atomic mass is 32.1. The average molecular weight is 423 g/mol. The van der Waals surface area contributed by atoms with Crippen molar-refractivity contribution in [2.45, 2.75) is 32.1 Å². The van der Waals surface area contributed by atoms with E-state index in [1.807, 2.05) is 6.07 Å². The summed E-state index contributed by atoms with van der Waals surface area (Å²) in [5.74, 6) is -0.309. The molecule has 1 fully saturated rings. The van der Waals surface area contributed by atoms with Crippen LogP contribution in [0.5, 0.6) is 0 Å². The third-order valence-corrected chi connectivity index (χ3v) is 6.63. The van der Waals surface area contributed by atoms with Crippen LogP contribution in [0.2, 0.25) is 0 Å². The number of ketones is 1. The molecule has 0 unspecified atom stereocenters. The van der Waals surface area contributed by atoms with Crippen LogP contribution in [-0.2, 0) is 17.6 Å². The van der Waals surface area contributed by atoms with E-state index in [9.17, 15) is 9.59 Å². The number of Topliss-reactive ketones (excluding diaryl/α,β-unsaturated/α-hetero) is 1. The molecule has 3 aromatic rings. The number of hydrogen-bond acceptors (Lipinski definition) is 7. The zero-order valence-corrected chi connectivity index (χ0v) is 17.2. The van der Waals surface area contributed by atoms with Crippen LogP contribution in [0.15, 0.2) is 35.3 Å². The highest BCUT2D eigenvalue weighted by molar-refractivity contribution is 7.18. The van der Waals surface area contributed by atoms with Crippen LogP contribution >= 0.6 is 11.3 Å². The molecule has 2 aliphatic rings. The standard InChI is InChI=1S/C22H21N3O4S/c26-19(13-4-7-28-8-5-13)20-18(15-6-9-29-12-15)24-22(30-20)25-21(27)16-10-14-2-1-3-17(14)23-11-16/h6,9-13H,1-5,7-8H2,(H,24,25,27). The van der Waals surface area contributed by atoms with Crippen molar-refractivity contribution in [3.63, 3.8) is 0 Å². The van der Waals surface area contributed by atoms with E-state index >= 15 is 0 Å². The number of anilines is 1. The number of thiazole rings is 1. The Balaban J connectivity index is 1.42. The molecule has 0 atom stereocenters. The highest BCUT2D eigenvalue weighted by Gasteiger charge is 2.29. The molecule has 8 heteroatoms. The maximum Gasteiger partial charge on any atom is 0.259 e. The smallest absolute Gasteiger partial charge is 0.259 e. The third-order valence-electron chi connectivity index (χ3n) is 5.64. The molecule has 1 amide bonds. The van der Waals surface area contributed by atoms with Gasteiger partial charge in [0.1, 0.15) is 4.88 Å². The van der Waals surface area contributed by atoms with Gasteiger partial charge in [-0.25, -0.2) is 4.98 Å². The lowest BCUT2D eigenvalue weighted by molar-refractivity contribution is 0.0548. The molecule has 3 aromatic heterocycles. The van der Waals surface area contributed by atoms with Crippen molar-refractivity contribution >= 4 is 28.2 Å². The lowest BCUT2D eigenvalue weighted by Crippen LogP contribution is -2.23. The van der Waals surface area contributed by atoms with E-state index in [1.54, 1.807) is 24.8 Å². The van der Waals surface area contributed by atoms with Gasteiger partial charge in [0.15, 0.2) is 10.9 Å². The van der Waals surface area contributed by atoms with E-state index in [4.69, 9.17) is 9.15 Å². The monoisotopic (exact) mass is 423 g/mol. The SMILES string of the molecule is O=C(Nc1nc(-c2ccoc2)c(C(=O)C2CCOCC2)s1)c1cnc2c(c1)CCC2. The fourth-order valence-corrected chi connectivity index (χ4v) is 5.00. The van der Waals surface area contributed by atoms with Gasteiger partial charge in [-0.3, -0.25) is 19.9 Å². The van der Waals surface area contributed by atoms with E-state index in [-0.39, 0.29) is 17.6 Å². The predicted molar refractivity (Wildman–Crippen MR) is 112 cm³/mol. The van der Waals surface area contributed by atoms with Crippen molar-refractivity contribution in [1.29, 1.82) is 0 Å². The van der Waals surface area contributed by atoms with Crippen molar-refractivity contribution < 1.29 is 18.7 Å². The van der Waals surface area contributed by atoms with Gasteiger partial charge in [0.25, 0.3) is 5.91 Å². The zero-order valence-electron chi connectivity index (χ0n) is 16.3. The Kier molecular flexibility index (Phi) is 5.18. The van der Waals surface area contributed by atoms with Gasteiger partial charge in [0.05, 0.1) is 23.8 Å². The first-order chi connectivity index (χ1) is 14.7. The lowest BCUT2D eigenvalue weighted by atomic mass is 9.93. The zero-order chi connectivity index (χ0) is 20.5. The maximum atomic E-state index is 13.2. The second-order valence-electron chi connectivity index (χ2n) is 7.60. The minimum Gasteiger partial charge on any atom is -0.472 e. The predicted octanol–water partition coefficient (Wildman–Crippen LogP) is 4.15. The fraction of sp³-hybridized carbons (Fsp3) is 0.364. The second-order valence-corrected chi connectivity index (χ2v) is 8.60. The summed E-state index contributed by atoms with van der Waals surface area (Å²) in [6.45, 7) is 1.18. The first-order valence-corrected chi connectivity index (χ1v) is 10.9. The molecule has 1 N–H and O–H groups in total. The summed E-state index contributed by atoms with van der Waals surface area (Å²) < 4.78 is 10.6. The van der Waals surface area contributed by atoms with Crippen LogP contribution in [-0.4, -0.2) is 34.9 Å². The first-order valence-electron chi connectivity index (χ1n) is 10.1. The molecule has 0 bridgehead atoms. The molecule has 0 spiro atoms. The van der Waals surface area contributed by atoms with Gasteiger partial charge < -0.3 is 9.15 Å². The molecular formula is C22H21N3O4S. The Labute approximate surface area is 177 Å². The van der Waals surface area contributed by atoms with E-state index in [0.717, 1.165) is 36.1 Å².